The van der Waals surface area contributed by atoms with Crippen LogP contribution in [0.5, 0.6) is 5.75 Å². The molecule has 2 amide bonds. The van der Waals surface area contributed by atoms with E-state index in [2.05, 4.69) is 10.6 Å². The minimum Gasteiger partial charge on any atom is -0.494 e. The van der Waals surface area contributed by atoms with E-state index in [4.69, 9.17) is 9.15 Å². The van der Waals surface area contributed by atoms with Crippen molar-refractivity contribution >= 4 is 17.5 Å². The number of benzene rings is 1. The van der Waals surface area contributed by atoms with Crippen LogP contribution in [-0.4, -0.2) is 24.5 Å². The van der Waals surface area contributed by atoms with Crippen LogP contribution < -0.4 is 15.4 Å². The summed E-state index contributed by atoms with van der Waals surface area (Å²) in [5.41, 5.74) is 0.632. The molecule has 6 nitrogen and oxygen atoms in total. The number of rotatable bonds is 6. The summed E-state index contributed by atoms with van der Waals surface area (Å²) < 4.78 is 10.3. The van der Waals surface area contributed by atoms with Crippen LogP contribution in [0.1, 0.15) is 24.4 Å². The Morgan fingerprint density at radius 1 is 1.23 bits per heavy atom. The van der Waals surface area contributed by atoms with Crippen LogP contribution in [0.15, 0.2) is 47.1 Å². The van der Waals surface area contributed by atoms with Gasteiger partial charge in [0.05, 0.1) is 12.9 Å². The first kappa shape index (κ1) is 15.6. The van der Waals surface area contributed by atoms with Gasteiger partial charge in [0.2, 0.25) is 5.91 Å². The van der Waals surface area contributed by atoms with Crippen LogP contribution in [0, 0.1) is 0 Å². The maximum absolute atomic E-state index is 12.0. The lowest BCUT2D eigenvalue weighted by Crippen LogP contribution is -2.41. The Balaban J connectivity index is 1.89. The monoisotopic (exact) mass is 302 g/mol. The molecule has 0 saturated heterocycles. The second-order valence-corrected chi connectivity index (χ2v) is 4.62. The first-order chi connectivity index (χ1) is 10.6. The molecule has 2 N–H and O–H groups in total. The molecule has 0 fully saturated rings. The van der Waals surface area contributed by atoms with Gasteiger partial charge in [0.15, 0.2) is 5.76 Å². The lowest BCUT2D eigenvalue weighted by Gasteiger charge is -2.13. The Morgan fingerprint density at radius 3 is 2.55 bits per heavy atom. The van der Waals surface area contributed by atoms with Crippen molar-refractivity contribution in [3.05, 3.63) is 48.4 Å². The summed E-state index contributed by atoms with van der Waals surface area (Å²) >= 11 is 0. The number of furan rings is 1. The van der Waals surface area contributed by atoms with E-state index in [1.54, 1.807) is 37.3 Å². The second kappa shape index (κ2) is 7.31. The van der Waals surface area contributed by atoms with Crippen molar-refractivity contribution < 1.29 is 18.7 Å². The van der Waals surface area contributed by atoms with E-state index in [-0.39, 0.29) is 11.7 Å². The molecule has 0 aliphatic carbocycles. The average Bonchev–Trinajstić information content (AvgIpc) is 3.04. The molecule has 0 aliphatic rings. The molecule has 0 saturated carbocycles. The number of ether oxygens (including phenoxy) is 1. The van der Waals surface area contributed by atoms with Crippen molar-refractivity contribution in [2.75, 3.05) is 11.9 Å². The van der Waals surface area contributed by atoms with E-state index in [1.165, 1.54) is 12.3 Å². The first-order valence-corrected chi connectivity index (χ1v) is 6.98. The average molecular weight is 302 g/mol. The Labute approximate surface area is 128 Å². The molecular formula is C16H18N2O4. The fraction of sp³-hybridized carbons (Fsp3) is 0.250. The number of carbonyl (C=O) groups excluding carboxylic acids is 2. The maximum Gasteiger partial charge on any atom is 0.287 e. The standard InChI is InChI=1S/C16H18N2O4/c1-3-21-13-8-6-12(7-9-13)18-15(19)11(2)17-16(20)14-5-4-10-22-14/h4-11H,3H2,1-2H3,(H,17,20)(H,18,19). The van der Waals surface area contributed by atoms with Gasteiger partial charge >= 0.3 is 0 Å². The van der Waals surface area contributed by atoms with Gasteiger partial charge in [0.1, 0.15) is 11.8 Å². The van der Waals surface area contributed by atoms with Gasteiger partial charge in [-0.2, -0.15) is 0 Å². The number of anilines is 1. The third kappa shape index (κ3) is 4.12. The number of hydrogen-bond donors (Lipinski definition) is 2. The topological polar surface area (TPSA) is 80.6 Å². The minimum absolute atomic E-state index is 0.167. The van der Waals surface area contributed by atoms with E-state index in [9.17, 15) is 9.59 Å². The minimum atomic E-state index is -0.691. The van der Waals surface area contributed by atoms with Crippen LogP contribution in [0.3, 0.4) is 0 Å². The zero-order valence-electron chi connectivity index (χ0n) is 12.5. The molecule has 116 valence electrons. The zero-order chi connectivity index (χ0) is 15.9. The van der Waals surface area contributed by atoms with Crippen LogP contribution in [0.25, 0.3) is 0 Å². The summed E-state index contributed by atoms with van der Waals surface area (Å²) in [5.74, 6) is 0.156. The van der Waals surface area contributed by atoms with E-state index >= 15 is 0 Å². The van der Waals surface area contributed by atoms with Crippen LogP contribution in [0.2, 0.25) is 0 Å². The van der Waals surface area contributed by atoms with Crippen molar-refractivity contribution in [1.29, 1.82) is 0 Å². The van der Waals surface area contributed by atoms with E-state index in [0.29, 0.717) is 12.3 Å². The van der Waals surface area contributed by atoms with Gasteiger partial charge in [-0.25, -0.2) is 0 Å². The Hall–Kier alpha value is -2.76. The third-order valence-corrected chi connectivity index (χ3v) is 2.92. The van der Waals surface area contributed by atoms with Gasteiger partial charge in [0, 0.05) is 5.69 Å². The van der Waals surface area contributed by atoms with Crippen molar-refractivity contribution in [2.24, 2.45) is 0 Å². The Bertz CT molecular complexity index is 620. The first-order valence-electron chi connectivity index (χ1n) is 6.98. The lowest BCUT2D eigenvalue weighted by atomic mass is 10.2. The quantitative estimate of drug-likeness (QED) is 0.859. The molecule has 2 rings (SSSR count). The normalized spacial score (nSPS) is 11.5. The van der Waals surface area contributed by atoms with Crippen LogP contribution in [-0.2, 0) is 4.79 Å². The Kier molecular flexibility index (Phi) is 5.19. The predicted octanol–water partition coefficient (Wildman–Crippen LogP) is 2.44. The fourth-order valence-electron chi connectivity index (χ4n) is 1.79. The molecule has 0 spiro atoms. The number of amides is 2. The molecule has 1 atom stereocenters. The molecule has 1 aromatic carbocycles. The highest BCUT2D eigenvalue weighted by Crippen LogP contribution is 2.15. The van der Waals surface area contributed by atoms with Gasteiger partial charge in [-0.1, -0.05) is 0 Å². The summed E-state index contributed by atoms with van der Waals surface area (Å²) in [6.07, 6.45) is 1.40. The fourth-order valence-corrected chi connectivity index (χ4v) is 1.79. The highest BCUT2D eigenvalue weighted by molar-refractivity contribution is 5.99. The summed E-state index contributed by atoms with van der Waals surface area (Å²) in [4.78, 5) is 23.8. The van der Waals surface area contributed by atoms with Gasteiger partial charge in [-0.15, -0.1) is 0 Å². The molecule has 6 heteroatoms. The van der Waals surface area contributed by atoms with E-state index in [1.807, 2.05) is 6.92 Å². The molecule has 0 bridgehead atoms. The third-order valence-electron chi connectivity index (χ3n) is 2.92. The summed E-state index contributed by atoms with van der Waals surface area (Å²) in [7, 11) is 0. The summed E-state index contributed by atoms with van der Waals surface area (Å²) in [6, 6.07) is 9.47. The van der Waals surface area contributed by atoms with Gasteiger partial charge in [-0.05, 0) is 50.2 Å². The van der Waals surface area contributed by atoms with Crippen LogP contribution >= 0.6 is 0 Å². The highest BCUT2D eigenvalue weighted by atomic mass is 16.5. The molecule has 22 heavy (non-hydrogen) atoms. The van der Waals surface area contributed by atoms with Crippen LogP contribution in [0.4, 0.5) is 5.69 Å². The van der Waals surface area contributed by atoms with E-state index < -0.39 is 11.9 Å². The summed E-state index contributed by atoms with van der Waals surface area (Å²) in [6.45, 7) is 4.09. The molecule has 0 aliphatic heterocycles. The SMILES string of the molecule is CCOc1ccc(NC(=O)C(C)NC(=O)c2ccco2)cc1. The van der Waals surface area contributed by atoms with Gasteiger partial charge < -0.3 is 19.8 Å². The van der Waals surface area contributed by atoms with Crippen molar-refractivity contribution in [3.8, 4) is 5.75 Å². The lowest BCUT2D eigenvalue weighted by molar-refractivity contribution is -0.117. The highest BCUT2D eigenvalue weighted by Gasteiger charge is 2.18. The largest absolute Gasteiger partial charge is 0.494 e. The number of carbonyl (C=O) groups is 2. The predicted molar refractivity (Wildman–Crippen MR) is 81.9 cm³/mol. The van der Waals surface area contributed by atoms with Crippen molar-refractivity contribution in [3.63, 3.8) is 0 Å². The molecule has 1 heterocycles. The number of hydrogen-bond acceptors (Lipinski definition) is 4. The molecule has 0 radical (unpaired) electrons. The molecule has 2 aromatic rings. The second-order valence-electron chi connectivity index (χ2n) is 4.62. The van der Waals surface area contributed by atoms with E-state index in [0.717, 1.165) is 5.75 Å². The summed E-state index contributed by atoms with van der Waals surface area (Å²) in [5, 5.41) is 5.29. The van der Waals surface area contributed by atoms with Gasteiger partial charge in [0.25, 0.3) is 5.91 Å². The van der Waals surface area contributed by atoms with Crippen molar-refractivity contribution in [1.82, 2.24) is 5.32 Å². The zero-order valence-corrected chi connectivity index (χ0v) is 12.5. The van der Waals surface area contributed by atoms with Crippen molar-refractivity contribution in [2.45, 2.75) is 19.9 Å². The molecular weight excluding hydrogens is 284 g/mol. The van der Waals surface area contributed by atoms with Gasteiger partial charge in [-0.3, -0.25) is 9.59 Å². The smallest absolute Gasteiger partial charge is 0.287 e. The number of nitrogens with one attached hydrogen (secondary N) is 2. The molecule has 1 aromatic heterocycles. The maximum atomic E-state index is 12.0. The Morgan fingerprint density at radius 2 is 1.95 bits per heavy atom. The molecule has 1 unspecified atom stereocenters.